The maximum atomic E-state index is 14.3. The maximum Gasteiger partial charge on any atom is 0.162 e. The highest BCUT2D eigenvalue weighted by atomic mass is 35.5. The van der Waals surface area contributed by atoms with E-state index in [1.165, 1.54) is 23.5 Å². The minimum absolute atomic E-state index is 0.254. The van der Waals surface area contributed by atoms with E-state index < -0.39 is 39.9 Å². The van der Waals surface area contributed by atoms with Crippen LogP contribution >= 0.6 is 22.9 Å². The van der Waals surface area contributed by atoms with Gasteiger partial charge in [0.2, 0.25) is 0 Å². The quantitative estimate of drug-likeness (QED) is 0.673. The number of aryl methyl sites for hydroxylation is 1. The Morgan fingerprint density at radius 3 is 2.15 bits per heavy atom. The second kappa shape index (κ2) is 6.31. The van der Waals surface area contributed by atoms with Crippen molar-refractivity contribution in [2.45, 2.75) is 40.5 Å². The maximum absolute atomic E-state index is 14.3. The summed E-state index contributed by atoms with van der Waals surface area (Å²) in [6.07, 6.45) is 0. The number of aromatic nitrogens is 1. The summed E-state index contributed by atoms with van der Waals surface area (Å²) in [5.41, 5.74) is -2.02. The summed E-state index contributed by atoms with van der Waals surface area (Å²) in [6.45, 7) is 7.91. The van der Waals surface area contributed by atoms with E-state index in [2.05, 4.69) is 4.98 Å². The minimum atomic E-state index is -1.29. The Balaban J connectivity index is 2.14. The minimum Gasteiger partial charge on any atom is -0.298 e. The molecule has 1 aromatic heterocycles. The van der Waals surface area contributed by atoms with Gasteiger partial charge in [-0.3, -0.25) is 14.4 Å². The van der Waals surface area contributed by atoms with Gasteiger partial charge in [-0.2, -0.15) is 0 Å². The van der Waals surface area contributed by atoms with Crippen molar-refractivity contribution in [3.63, 3.8) is 0 Å². The number of carbonyl (C=O) groups excluding carboxylic acids is 3. The highest BCUT2D eigenvalue weighted by Gasteiger charge is 2.59. The molecule has 1 fully saturated rings. The summed E-state index contributed by atoms with van der Waals surface area (Å²) in [5.74, 6) is -2.98. The molecule has 1 heterocycles. The zero-order valence-corrected chi connectivity index (χ0v) is 17.2. The first-order valence-electron chi connectivity index (χ1n) is 8.45. The van der Waals surface area contributed by atoms with Crippen molar-refractivity contribution < 1.29 is 18.8 Å². The van der Waals surface area contributed by atoms with Gasteiger partial charge in [-0.25, -0.2) is 9.37 Å². The van der Waals surface area contributed by atoms with Crippen LogP contribution in [-0.2, 0) is 14.4 Å². The number of Topliss-reactive ketones (excluding diaryl/α,β-unsaturated/α-hetero) is 3. The molecule has 7 heteroatoms. The van der Waals surface area contributed by atoms with Gasteiger partial charge in [0, 0.05) is 15.5 Å². The monoisotopic (exact) mass is 407 g/mol. The van der Waals surface area contributed by atoms with Crippen LogP contribution in [0.2, 0.25) is 5.02 Å². The summed E-state index contributed by atoms with van der Waals surface area (Å²) < 4.78 is 14.3. The van der Waals surface area contributed by atoms with Gasteiger partial charge in [-0.1, -0.05) is 11.6 Å². The van der Waals surface area contributed by atoms with Crippen molar-refractivity contribution in [1.82, 2.24) is 4.98 Å². The van der Waals surface area contributed by atoms with Gasteiger partial charge in [0.05, 0.1) is 16.5 Å². The van der Waals surface area contributed by atoms with Crippen LogP contribution < -0.4 is 0 Å². The molecule has 0 atom stereocenters. The molecule has 0 bridgehead atoms. The van der Waals surface area contributed by atoms with Gasteiger partial charge >= 0.3 is 0 Å². The van der Waals surface area contributed by atoms with Crippen molar-refractivity contribution in [3.8, 4) is 10.6 Å². The van der Waals surface area contributed by atoms with Crippen molar-refractivity contribution in [2.75, 3.05) is 0 Å². The topological polar surface area (TPSA) is 64.1 Å². The number of benzene rings is 1. The van der Waals surface area contributed by atoms with Crippen LogP contribution in [-0.4, -0.2) is 22.3 Å². The number of hydrogen-bond donors (Lipinski definition) is 0. The lowest BCUT2D eigenvalue weighted by atomic mass is 9.58. The van der Waals surface area contributed by atoms with Gasteiger partial charge < -0.3 is 0 Å². The molecule has 0 unspecified atom stereocenters. The molecule has 0 N–H and O–H groups in total. The van der Waals surface area contributed by atoms with Crippen LogP contribution in [0.4, 0.5) is 4.39 Å². The van der Waals surface area contributed by atoms with E-state index in [0.717, 1.165) is 0 Å². The summed E-state index contributed by atoms with van der Waals surface area (Å²) in [4.78, 5) is 43.7. The van der Waals surface area contributed by atoms with Gasteiger partial charge in [-0.05, 0) is 52.8 Å². The molecule has 1 aromatic carbocycles. The van der Waals surface area contributed by atoms with Crippen molar-refractivity contribution in [3.05, 3.63) is 39.6 Å². The molecule has 0 saturated heterocycles. The first-order valence-corrected chi connectivity index (χ1v) is 9.64. The number of hydrogen-bond acceptors (Lipinski definition) is 5. The predicted molar refractivity (Wildman–Crippen MR) is 103 cm³/mol. The molecule has 2 aromatic rings. The molecule has 4 nitrogen and oxygen atoms in total. The van der Waals surface area contributed by atoms with Crippen molar-refractivity contribution in [2.24, 2.45) is 10.8 Å². The first kappa shape index (κ1) is 19.8. The van der Waals surface area contributed by atoms with Crippen LogP contribution in [0.25, 0.3) is 10.6 Å². The zero-order chi connectivity index (χ0) is 20.3. The Bertz CT molecular complexity index is 963. The Kier molecular flexibility index (Phi) is 4.64. The van der Waals surface area contributed by atoms with E-state index >= 15 is 0 Å². The molecule has 0 radical (unpaired) electrons. The lowest BCUT2D eigenvalue weighted by Gasteiger charge is -2.40. The van der Waals surface area contributed by atoms with Crippen LogP contribution in [0.1, 0.15) is 44.2 Å². The average molecular weight is 408 g/mol. The van der Waals surface area contributed by atoms with Gasteiger partial charge in [-0.15, -0.1) is 11.3 Å². The molecule has 1 saturated carbocycles. The molecule has 1 aliphatic rings. The molecule has 0 spiro atoms. The van der Waals surface area contributed by atoms with E-state index in [1.807, 2.05) is 0 Å². The standard InChI is InChI=1S/C20H19ClFNO3S/c1-9-14(23-17(27-9)11-7-6-10(21)8-12(11)22)13-15(24)19(2,3)18(26)20(4,5)16(13)25/h6-8,13H,1-5H3. The summed E-state index contributed by atoms with van der Waals surface area (Å²) >= 11 is 7.00. The summed E-state index contributed by atoms with van der Waals surface area (Å²) in [5, 5.41) is 0.633. The van der Waals surface area contributed by atoms with Gasteiger partial charge in [0.15, 0.2) is 17.3 Å². The molecular formula is C20H19ClFNO3S. The lowest BCUT2D eigenvalue weighted by Crippen LogP contribution is -2.56. The Hall–Kier alpha value is -1.92. The fraction of sp³-hybridized carbons (Fsp3) is 0.400. The van der Waals surface area contributed by atoms with Crippen molar-refractivity contribution >= 4 is 40.3 Å². The van der Waals surface area contributed by atoms with E-state index in [0.29, 0.717) is 15.6 Å². The van der Waals surface area contributed by atoms with E-state index in [9.17, 15) is 18.8 Å². The van der Waals surface area contributed by atoms with E-state index in [1.54, 1.807) is 40.7 Å². The molecule has 142 valence electrons. The number of rotatable bonds is 2. The molecule has 1 aliphatic carbocycles. The van der Waals surface area contributed by atoms with Gasteiger partial charge in [0.25, 0.3) is 0 Å². The van der Waals surface area contributed by atoms with Crippen molar-refractivity contribution in [1.29, 1.82) is 0 Å². The smallest absolute Gasteiger partial charge is 0.162 e. The summed E-state index contributed by atoms with van der Waals surface area (Å²) in [7, 11) is 0. The Morgan fingerprint density at radius 2 is 1.63 bits per heavy atom. The van der Waals surface area contributed by atoms with Crippen LogP contribution in [0.15, 0.2) is 18.2 Å². The highest BCUT2D eigenvalue weighted by molar-refractivity contribution is 7.15. The number of carbonyl (C=O) groups is 3. The molecule has 0 amide bonds. The number of halogens is 2. The van der Waals surface area contributed by atoms with Crippen LogP contribution in [0, 0.1) is 23.6 Å². The SMILES string of the molecule is Cc1sc(-c2ccc(Cl)cc2F)nc1C1C(=O)C(C)(C)C(=O)C(C)(C)C1=O. The lowest BCUT2D eigenvalue weighted by molar-refractivity contribution is -0.157. The number of nitrogens with zero attached hydrogens (tertiary/aromatic N) is 1. The largest absolute Gasteiger partial charge is 0.298 e. The number of ketones is 3. The van der Waals surface area contributed by atoms with Gasteiger partial charge in [0.1, 0.15) is 16.7 Å². The second-order valence-electron chi connectivity index (χ2n) is 7.83. The van der Waals surface area contributed by atoms with Crippen LogP contribution in [0.5, 0.6) is 0 Å². The third kappa shape index (κ3) is 2.95. The van der Waals surface area contributed by atoms with Crippen LogP contribution in [0.3, 0.4) is 0 Å². The molecule has 0 aliphatic heterocycles. The zero-order valence-electron chi connectivity index (χ0n) is 15.6. The second-order valence-corrected chi connectivity index (χ2v) is 9.46. The first-order chi connectivity index (χ1) is 12.4. The molecular weight excluding hydrogens is 389 g/mol. The average Bonchev–Trinajstić information content (AvgIpc) is 2.94. The fourth-order valence-corrected chi connectivity index (χ4v) is 4.68. The molecule has 3 rings (SSSR count). The normalized spacial score (nSPS) is 19.6. The predicted octanol–water partition coefficient (Wildman–Crippen LogP) is 4.77. The highest BCUT2D eigenvalue weighted by Crippen LogP contribution is 2.46. The molecule has 27 heavy (non-hydrogen) atoms. The number of thiazole rings is 1. The Morgan fingerprint density at radius 1 is 1.07 bits per heavy atom. The van der Waals surface area contributed by atoms with E-state index in [4.69, 9.17) is 11.6 Å². The third-order valence-electron chi connectivity index (χ3n) is 5.16. The Labute approximate surface area is 165 Å². The fourth-order valence-electron chi connectivity index (χ4n) is 3.55. The summed E-state index contributed by atoms with van der Waals surface area (Å²) in [6, 6.07) is 4.26. The van der Waals surface area contributed by atoms with E-state index in [-0.39, 0.29) is 10.6 Å². The third-order valence-corrected chi connectivity index (χ3v) is 6.41.